The van der Waals surface area contributed by atoms with Gasteiger partial charge in [-0.05, 0) is 53.6 Å². The van der Waals surface area contributed by atoms with Crippen LogP contribution in [0.2, 0.25) is 0 Å². The van der Waals surface area contributed by atoms with E-state index in [9.17, 15) is 0 Å². The Morgan fingerprint density at radius 2 is 0.941 bits per heavy atom. The molecule has 0 aliphatic rings. The summed E-state index contributed by atoms with van der Waals surface area (Å²) < 4.78 is 15.0. The number of hydrogen-bond acceptors (Lipinski definition) is 5. The van der Waals surface area contributed by atoms with Gasteiger partial charge in [-0.1, -0.05) is 115 Å². The Bertz CT molecular complexity index is 3100. The molecule has 4 aromatic heterocycles. The lowest BCUT2D eigenvalue weighted by Gasteiger charge is -2.12. The first kappa shape index (κ1) is 27.9. The molecule has 0 aliphatic heterocycles. The highest BCUT2D eigenvalue weighted by molar-refractivity contribution is 6.18. The predicted molar refractivity (Wildman–Crippen MR) is 205 cm³/mol. The number of fused-ring (bicyclic) bond motifs is 9. The minimum atomic E-state index is 0.552. The molecule has 6 heteroatoms. The van der Waals surface area contributed by atoms with Crippen molar-refractivity contribution in [3.63, 3.8) is 0 Å². The number of rotatable bonds is 4. The molecule has 4 heterocycles. The molecule has 0 spiro atoms. The molecule has 0 unspecified atom stereocenters. The van der Waals surface area contributed by atoms with E-state index in [0.29, 0.717) is 17.6 Å². The van der Waals surface area contributed by atoms with Gasteiger partial charge in [-0.2, -0.15) is 9.97 Å². The van der Waals surface area contributed by atoms with Crippen molar-refractivity contribution in [1.82, 2.24) is 19.5 Å². The van der Waals surface area contributed by atoms with E-state index in [1.54, 1.807) is 0 Å². The fraction of sp³-hybridized carbons (Fsp3) is 0. The van der Waals surface area contributed by atoms with Gasteiger partial charge in [0, 0.05) is 43.4 Å². The number of nitrogens with zero attached hydrogens (tertiary/aromatic N) is 4. The summed E-state index contributed by atoms with van der Waals surface area (Å²) in [5, 5.41) is 6.44. The van der Waals surface area contributed by atoms with E-state index in [-0.39, 0.29) is 0 Å². The summed E-state index contributed by atoms with van der Waals surface area (Å²) in [7, 11) is 0. The molecule has 6 nitrogen and oxygen atoms in total. The molecule has 0 saturated heterocycles. The largest absolute Gasteiger partial charge is 0.456 e. The van der Waals surface area contributed by atoms with Crippen molar-refractivity contribution in [2.24, 2.45) is 0 Å². The molecule has 0 N–H and O–H groups in total. The lowest BCUT2D eigenvalue weighted by Crippen LogP contribution is -2.06. The maximum Gasteiger partial charge on any atom is 0.238 e. The highest BCUT2D eigenvalue weighted by Crippen LogP contribution is 2.42. The molecular weight excluding hydrogens is 629 g/mol. The van der Waals surface area contributed by atoms with E-state index >= 15 is 0 Å². The van der Waals surface area contributed by atoms with Crippen LogP contribution in [0.1, 0.15) is 0 Å². The molecule has 0 fully saturated rings. The van der Waals surface area contributed by atoms with Crippen LogP contribution in [-0.4, -0.2) is 19.5 Å². The Balaban J connectivity index is 1.19. The number of para-hydroxylation sites is 3. The molecule has 7 aromatic carbocycles. The van der Waals surface area contributed by atoms with Crippen molar-refractivity contribution >= 4 is 65.7 Å². The average molecular weight is 655 g/mol. The number of hydrogen-bond donors (Lipinski definition) is 0. The summed E-state index contributed by atoms with van der Waals surface area (Å²) in [5.74, 6) is 1.71. The Kier molecular flexibility index (Phi) is 5.86. The van der Waals surface area contributed by atoms with Crippen molar-refractivity contribution in [2.75, 3.05) is 0 Å². The van der Waals surface area contributed by atoms with E-state index in [0.717, 1.165) is 87.9 Å². The van der Waals surface area contributed by atoms with Gasteiger partial charge in [0.2, 0.25) is 5.95 Å². The van der Waals surface area contributed by atoms with Gasteiger partial charge >= 0.3 is 0 Å². The van der Waals surface area contributed by atoms with E-state index in [1.165, 1.54) is 0 Å². The Labute approximate surface area is 290 Å². The van der Waals surface area contributed by atoms with Crippen LogP contribution in [-0.2, 0) is 0 Å². The third kappa shape index (κ3) is 4.20. The van der Waals surface area contributed by atoms with Crippen LogP contribution in [0.5, 0.6) is 0 Å². The van der Waals surface area contributed by atoms with Gasteiger partial charge in [0.25, 0.3) is 0 Å². The Hall–Kier alpha value is -7.05. The van der Waals surface area contributed by atoms with Crippen LogP contribution in [0.25, 0.3) is 106 Å². The summed E-state index contributed by atoms with van der Waals surface area (Å²) in [6, 6.07) is 53.8. The van der Waals surface area contributed by atoms with Gasteiger partial charge in [-0.25, -0.2) is 4.98 Å². The fourth-order valence-electron chi connectivity index (χ4n) is 7.63. The minimum absolute atomic E-state index is 0.552. The number of aromatic nitrogens is 4. The third-order valence-corrected chi connectivity index (χ3v) is 9.89. The third-order valence-electron chi connectivity index (χ3n) is 9.89. The molecule has 238 valence electrons. The van der Waals surface area contributed by atoms with Gasteiger partial charge in [-0.3, -0.25) is 4.57 Å². The maximum atomic E-state index is 6.55. The molecule has 0 amide bonds. The van der Waals surface area contributed by atoms with E-state index < -0.39 is 0 Å². The van der Waals surface area contributed by atoms with Crippen molar-refractivity contribution in [1.29, 1.82) is 0 Å². The van der Waals surface area contributed by atoms with Crippen molar-refractivity contribution in [2.45, 2.75) is 0 Å². The van der Waals surface area contributed by atoms with E-state index in [2.05, 4.69) is 89.5 Å². The summed E-state index contributed by atoms with van der Waals surface area (Å²) >= 11 is 0. The van der Waals surface area contributed by atoms with Gasteiger partial charge in [0.15, 0.2) is 11.6 Å². The smallest absolute Gasteiger partial charge is 0.238 e. The molecule has 0 saturated carbocycles. The molecule has 0 aliphatic carbocycles. The summed E-state index contributed by atoms with van der Waals surface area (Å²) in [6.45, 7) is 0. The van der Waals surface area contributed by atoms with Gasteiger partial charge < -0.3 is 8.83 Å². The molecule has 51 heavy (non-hydrogen) atoms. The van der Waals surface area contributed by atoms with Crippen molar-refractivity contribution in [3.05, 3.63) is 158 Å². The second kappa shape index (κ2) is 10.7. The first-order valence-electron chi connectivity index (χ1n) is 16.9. The van der Waals surface area contributed by atoms with Crippen LogP contribution in [0.3, 0.4) is 0 Å². The van der Waals surface area contributed by atoms with Gasteiger partial charge in [0.1, 0.15) is 22.3 Å². The predicted octanol–water partition coefficient (Wildman–Crippen LogP) is 11.8. The van der Waals surface area contributed by atoms with Crippen molar-refractivity contribution < 1.29 is 8.83 Å². The molecule has 0 bridgehead atoms. The molecule has 0 radical (unpaired) electrons. The highest BCUT2D eigenvalue weighted by Gasteiger charge is 2.22. The number of benzene rings is 7. The molecule has 11 aromatic rings. The molecular formula is C45H26N4O2. The number of furan rings is 2. The lowest BCUT2D eigenvalue weighted by molar-refractivity contribution is 0.668. The van der Waals surface area contributed by atoms with Crippen molar-refractivity contribution in [3.8, 4) is 39.9 Å². The van der Waals surface area contributed by atoms with E-state index in [4.69, 9.17) is 23.8 Å². The highest BCUT2D eigenvalue weighted by atomic mass is 16.3. The summed E-state index contributed by atoms with van der Waals surface area (Å²) in [6.07, 6.45) is 0. The van der Waals surface area contributed by atoms with Crippen LogP contribution in [0, 0.1) is 0 Å². The Morgan fingerprint density at radius 3 is 1.71 bits per heavy atom. The van der Waals surface area contributed by atoms with Crippen LogP contribution >= 0.6 is 0 Å². The molecule has 11 rings (SSSR count). The van der Waals surface area contributed by atoms with Crippen LogP contribution in [0.4, 0.5) is 0 Å². The zero-order valence-corrected chi connectivity index (χ0v) is 27.1. The topological polar surface area (TPSA) is 69.9 Å². The first-order valence-corrected chi connectivity index (χ1v) is 16.9. The monoisotopic (exact) mass is 654 g/mol. The second-order valence-electron chi connectivity index (χ2n) is 12.8. The van der Waals surface area contributed by atoms with E-state index in [1.807, 2.05) is 72.8 Å². The summed E-state index contributed by atoms with van der Waals surface area (Å²) in [5.41, 5.74) is 9.20. The van der Waals surface area contributed by atoms with Gasteiger partial charge in [0.05, 0.1) is 11.0 Å². The maximum absolute atomic E-state index is 6.55. The van der Waals surface area contributed by atoms with Crippen LogP contribution in [0.15, 0.2) is 167 Å². The quantitative estimate of drug-likeness (QED) is 0.189. The lowest BCUT2D eigenvalue weighted by atomic mass is 9.96. The average Bonchev–Trinajstić information content (AvgIpc) is 3.87. The first-order chi connectivity index (χ1) is 25.3. The summed E-state index contributed by atoms with van der Waals surface area (Å²) in [4.78, 5) is 15.5. The van der Waals surface area contributed by atoms with Gasteiger partial charge in [-0.15, -0.1) is 0 Å². The van der Waals surface area contributed by atoms with Crippen LogP contribution < -0.4 is 0 Å². The normalized spacial score (nSPS) is 11.9. The minimum Gasteiger partial charge on any atom is -0.456 e. The zero-order valence-electron chi connectivity index (χ0n) is 27.1. The SMILES string of the molecule is c1ccc(-c2nc(-c3cccc4oc5cccc(-c6ccc7c(c6)oc6ccccc67)c5c34)nc(-n3c4ccccc4c4ccccc43)n2)cc1. The Morgan fingerprint density at radius 1 is 0.373 bits per heavy atom. The molecule has 0 atom stereocenters. The zero-order chi connectivity index (χ0) is 33.5. The second-order valence-corrected chi connectivity index (χ2v) is 12.8. The fourth-order valence-corrected chi connectivity index (χ4v) is 7.63. The standard InChI is InChI=1S/C45H26N4O2/c1-2-12-27(13-3-1)43-46-44(48-45(47-43)49-35-19-7-4-14-30(35)31-15-5-8-20-36(31)49)34-18-11-23-39-42(34)41-29(17-10-22-38(41)51-39)28-24-25-33-32-16-6-9-21-37(32)50-40(33)26-28/h1-26H.